The van der Waals surface area contributed by atoms with Crippen molar-refractivity contribution >= 4 is 11.3 Å². The summed E-state index contributed by atoms with van der Waals surface area (Å²) in [6.45, 7) is 0. The van der Waals surface area contributed by atoms with Gasteiger partial charge in [-0.2, -0.15) is 10.2 Å². The van der Waals surface area contributed by atoms with Gasteiger partial charge in [-0.15, -0.1) is 0 Å². The van der Waals surface area contributed by atoms with Crippen LogP contribution in [0.5, 0.6) is 0 Å². The molecule has 0 atom stereocenters. The number of nitrogen functional groups attached to an aromatic ring is 1. The number of aromatic nitrogens is 4. The largest absolute Gasteiger partial charge is 0.392 e. The summed E-state index contributed by atoms with van der Waals surface area (Å²) in [6, 6.07) is 0. The summed E-state index contributed by atoms with van der Waals surface area (Å²) in [6.07, 6.45) is 2.59. The number of nitrogens with zero attached hydrogens (tertiary/aromatic N) is 3. The van der Waals surface area contributed by atoms with E-state index >= 15 is 0 Å². The van der Waals surface area contributed by atoms with Gasteiger partial charge >= 0.3 is 0 Å². The van der Waals surface area contributed by atoms with Gasteiger partial charge in [-0.3, -0.25) is 9.89 Å². The summed E-state index contributed by atoms with van der Waals surface area (Å²) in [4.78, 5) is 10.9. The van der Waals surface area contributed by atoms with Crippen LogP contribution in [0.15, 0.2) is 17.3 Å². The zero-order valence-electron chi connectivity index (χ0n) is 5.48. The molecule has 0 unspecified atom stereocenters. The number of nitrogens with one attached hydrogen (secondary N) is 1. The Morgan fingerprint density at radius 2 is 2.45 bits per heavy atom. The van der Waals surface area contributed by atoms with Gasteiger partial charge in [0, 0.05) is 0 Å². The molecule has 11 heavy (non-hydrogen) atoms. The number of aromatic amines is 1. The van der Waals surface area contributed by atoms with Gasteiger partial charge in [0.1, 0.15) is 12.0 Å². The van der Waals surface area contributed by atoms with E-state index in [0.717, 1.165) is 6.20 Å². The van der Waals surface area contributed by atoms with Gasteiger partial charge in [-0.1, -0.05) is 0 Å². The maximum absolute atomic E-state index is 10.9. The first-order chi connectivity index (χ1) is 5.29. The van der Waals surface area contributed by atoms with Crippen LogP contribution in [0.3, 0.4) is 0 Å². The number of hydrogen-bond acceptors (Lipinski definition) is 4. The maximum atomic E-state index is 10.9. The molecule has 2 aromatic heterocycles. The van der Waals surface area contributed by atoms with Crippen molar-refractivity contribution in [3.8, 4) is 0 Å². The van der Waals surface area contributed by atoms with Gasteiger partial charge in [0.2, 0.25) is 5.43 Å². The lowest BCUT2D eigenvalue weighted by molar-refractivity contribution is 0.921. The SMILES string of the molecule is Nc1c(=O)cnn2cn[nH]c12. The van der Waals surface area contributed by atoms with Gasteiger partial charge in [0.05, 0.1) is 6.20 Å². The smallest absolute Gasteiger partial charge is 0.225 e. The van der Waals surface area contributed by atoms with Crippen LogP contribution in [-0.2, 0) is 0 Å². The van der Waals surface area contributed by atoms with E-state index in [2.05, 4.69) is 15.3 Å². The maximum Gasteiger partial charge on any atom is 0.225 e. The molecular weight excluding hydrogens is 146 g/mol. The summed E-state index contributed by atoms with van der Waals surface area (Å²) in [5, 5.41) is 9.95. The zero-order valence-corrected chi connectivity index (χ0v) is 5.48. The zero-order chi connectivity index (χ0) is 7.84. The lowest BCUT2D eigenvalue weighted by Crippen LogP contribution is -2.11. The first-order valence-electron chi connectivity index (χ1n) is 2.95. The Morgan fingerprint density at radius 3 is 3.27 bits per heavy atom. The molecule has 0 amide bonds. The fourth-order valence-electron chi connectivity index (χ4n) is 0.826. The third kappa shape index (κ3) is 0.689. The van der Waals surface area contributed by atoms with Crippen LogP contribution in [0.4, 0.5) is 5.69 Å². The van der Waals surface area contributed by atoms with Crippen molar-refractivity contribution in [2.75, 3.05) is 5.73 Å². The predicted molar refractivity (Wildman–Crippen MR) is 38.0 cm³/mol. The van der Waals surface area contributed by atoms with E-state index in [9.17, 15) is 4.79 Å². The summed E-state index contributed by atoms with van der Waals surface area (Å²) >= 11 is 0. The number of H-pyrrole nitrogens is 1. The minimum Gasteiger partial charge on any atom is -0.392 e. The minimum absolute atomic E-state index is 0.137. The summed E-state index contributed by atoms with van der Waals surface area (Å²) in [5.41, 5.74) is 5.69. The minimum atomic E-state index is -0.297. The quantitative estimate of drug-likeness (QED) is 0.505. The Balaban J connectivity index is 3.04. The van der Waals surface area contributed by atoms with E-state index in [1.807, 2.05) is 0 Å². The number of nitrogens with two attached hydrogens (primary N) is 1. The number of fused-ring (bicyclic) bond motifs is 1. The second kappa shape index (κ2) is 1.82. The molecule has 0 radical (unpaired) electrons. The second-order valence-corrected chi connectivity index (χ2v) is 2.07. The molecule has 0 saturated carbocycles. The molecule has 0 aliphatic heterocycles. The van der Waals surface area contributed by atoms with E-state index in [4.69, 9.17) is 5.73 Å². The van der Waals surface area contributed by atoms with Gasteiger partial charge in [0.25, 0.3) is 0 Å². The molecule has 0 fully saturated rings. The molecule has 0 aliphatic carbocycles. The monoisotopic (exact) mass is 151 g/mol. The molecule has 2 aromatic rings. The van der Waals surface area contributed by atoms with Crippen LogP contribution >= 0.6 is 0 Å². The predicted octanol–water partition coefficient (Wildman–Crippen LogP) is -1.00. The molecule has 3 N–H and O–H groups in total. The second-order valence-electron chi connectivity index (χ2n) is 2.07. The van der Waals surface area contributed by atoms with Crippen LogP contribution < -0.4 is 11.2 Å². The Bertz CT molecular complexity index is 441. The molecule has 0 spiro atoms. The molecule has 2 rings (SSSR count). The molecule has 2 heterocycles. The third-order valence-electron chi connectivity index (χ3n) is 1.39. The Hall–Kier alpha value is -1.85. The van der Waals surface area contributed by atoms with E-state index < -0.39 is 0 Å². The molecule has 0 aromatic carbocycles. The van der Waals surface area contributed by atoms with Crippen LogP contribution in [0.1, 0.15) is 0 Å². The van der Waals surface area contributed by atoms with Gasteiger partial charge in [-0.05, 0) is 0 Å². The van der Waals surface area contributed by atoms with Gasteiger partial charge < -0.3 is 5.73 Å². The van der Waals surface area contributed by atoms with E-state index in [-0.39, 0.29) is 11.1 Å². The van der Waals surface area contributed by atoms with Crippen molar-refractivity contribution in [3.63, 3.8) is 0 Å². The fraction of sp³-hybridized carbons (Fsp3) is 0. The van der Waals surface area contributed by atoms with Crippen LogP contribution in [0.25, 0.3) is 5.65 Å². The number of rotatable bonds is 0. The van der Waals surface area contributed by atoms with Crippen LogP contribution in [-0.4, -0.2) is 19.8 Å². The lowest BCUT2D eigenvalue weighted by atomic mass is 10.4. The number of anilines is 1. The lowest BCUT2D eigenvalue weighted by Gasteiger charge is -1.91. The first kappa shape index (κ1) is 5.90. The molecule has 0 aliphatic rings. The molecular formula is C5H5N5O. The van der Waals surface area contributed by atoms with Crippen molar-refractivity contribution in [1.29, 1.82) is 0 Å². The van der Waals surface area contributed by atoms with Crippen LogP contribution in [0.2, 0.25) is 0 Å². The summed E-state index contributed by atoms with van der Waals surface area (Å²) < 4.78 is 1.40. The van der Waals surface area contributed by atoms with Gasteiger partial charge in [-0.25, -0.2) is 4.52 Å². The highest BCUT2D eigenvalue weighted by molar-refractivity contribution is 5.61. The molecule has 6 heteroatoms. The summed E-state index contributed by atoms with van der Waals surface area (Å²) in [7, 11) is 0. The van der Waals surface area contributed by atoms with Crippen molar-refractivity contribution in [1.82, 2.24) is 19.8 Å². The average Bonchev–Trinajstić information content (AvgIpc) is 2.45. The standard InChI is InChI=1S/C5H5N5O/c6-4-3(11)1-8-10-2-7-9-5(4)10/h1-2,9H,6H2. The van der Waals surface area contributed by atoms with E-state index in [1.54, 1.807) is 0 Å². The molecule has 0 bridgehead atoms. The third-order valence-corrected chi connectivity index (χ3v) is 1.39. The highest BCUT2D eigenvalue weighted by atomic mass is 16.1. The van der Waals surface area contributed by atoms with Crippen molar-refractivity contribution < 1.29 is 0 Å². The Labute approximate surface area is 60.6 Å². The highest BCUT2D eigenvalue weighted by Crippen LogP contribution is 1.99. The summed E-state index contributed by atoms with van der Waals surface area (Å²) in [5.74, 6) is 0. The fourth-order valence-corrected chi connectivity index (χ4v) is 0.826. The molecule has 56 valence electrons. The Morgan fingerprint density at radius 1 is 1.64 bits per heavy atom. The molecule has 6 nitrogen and oxygen atoms in total. The number of hydrogen-bond donors (Lipinski definition) is 2. The average molecular weight is 151 g/mol. The van der Waals surface area contributed by atoms with Crippen LogP contribution in [0, 0.1) is 0 Å². The Kier molecular flexibility index (Phi) is 0.974. The normalized spacial score (nSPS) is 10.5. The van der Waals surface area contributed by atoms with Crippen molar-refractivity contribution in [2.24, 2.45) is 0 Å². The van der Waals surface area contributed by atoms with E-state index in [0.29, 0.717) is 5.65 Å². The van der Waals surface area contributed by atoms with Gasteiger partial charge in [0.15, 0.2) is 5.65 Å². The first-order valence-corrected chi connectivity index (χ1v) is 2.95. The van der Waals surface area contributed by atoms with E-state index in [1.165, 1.54) is 10.8 Å². The van der Waals surface area contributed by atoms with Crippen molar-refractivity contribution in [3.05, 3.63) is 22.7 Å². The topological polar surface area (TPSA) is 89.1 Å². The highest BCUT2D eigenvalue weighted by Gasteiger charge is 2.01. The molecule has 0 saturated heterocycles. The van der Waals surface area contributed by atoms with Crippen molar-refractivity contribution in [2.45, 2.75) is 0 Å².